The average molecular weight is 268 g/mol. The maximum absolute atomic E-state index is 11.9. The first-order valence-corrected chi connectivity index (χ1v) is 6.68. The number of amides is 4. The van der Waals surface area contributed by atoms with Crippen molar-refractivity contribution in [3.63, 3.8) is 0 Å². The van der Waals surface area contributed by atoms with Crippen LogP contribution in [0.5, 0.6) is 0 Å². The van der Waals surface area contributed by atoms with Crippen LogP contribution in [0.15, 0.2) is 0 Å². The maximum atomic E-state index is 11.9. The molecule has 1 saturated carbocycles. The van der Waals surface area contributed by atoms with E-state index in [1.54, 1.807) is 0 Å². The van der Waals surface area contributed by atoms with Crippen LogP contribution in [-0.2, 0) is 9.59 Å². The fourth-order valence-electron chi connectivity index (χ4n) is 2.72. The van der Waals surface area contributed by atoms with E-state index in [0.29, 0.717) is 12.5 Å². The number of carbonyl (C=O) groups excluding carboxylic acids is 3. The SMILES string of the molecule is NCC1CCCCC1NC(=O)CN1CC(=O)NC1=O. The molecule has 4 N–H and O–H groups in total. The molecule has 106 valence electrons. The molecule has 1 heterocycles. The van der Waals surface area contributed by atoms with Crippen LogP contribution in [-0.4, -0.2) is 48.4 Å². The minimum absolute atomic E-state index is 0.0444. The zero-order valence-electron chi connectivity index (χ0n) is 10.9. The number of carbonyl (C=O) groups is 3. The predicted octanol–water partition coefficient (Wildman–Crippen LogP) is -0.828. The van der Waals surface area contributed by atoms with Gasteiger partial charge in [-0.05, 0) is 25.3 Å². The minimum atomic E-state index is -0.501. The molecule has 1 aliphatic carbocycles. The third-order valence-electron chi connectivity index (χ3n) is 3.76. The van der Waals surface area contributed by atoms with Crippen LogP contribution in [0.4, 0.5) is 4.79 Å². The third-order valence-corrected chi connectivity index (χ3v) is 3.76. The summed E-state index contributed by atoms with van der Waals surface area (Å²) in [5, 5.41) is 5.07. The zero-order chi connectivity index (χ0) is 13.8. The van der Waals surface area contributed by atoms with Crippen LogP contribution < -0.4 is 16.4 Å². The van der Waals surface area contributed by atoms with Gasteiger partial charge in [-0.15, -0.1) is 0 Å². The molecule has 1 saturated heterocycles. The number of rotatable bonds is 4. The number of nitrogens with one attached hydrogen (secondary N) is 2. The second-order valence-corrected chi connectivity index (χ2v) is 5.16. The van der Waals surface area contributed by atoms with Crippen molar-refractivity contribution in [3.05, 3.63) is 0 Å². The van der Waals surface area contributed by atoms with Crippen molar-refractivity contribution in [2.24, 2.45) is 11.7 Å². The molecular formula is C12H20N4O3. The Hall–Kier alpha value is -1.63. The third kappa shape index (κ3) is 3.44. The number of urea groups is 1. The van der Waals surface area contributed by atoms with Gasteiger partial charge < -0.3 is 16.0 Å². The molecule has 2 atom stereocenters. The first-order valence-electron chi connectivity index (χ1n) is 6.68. The first-order chi connectivity index (χ1) is 9.10. The molecule has 2 aliphatic rings. The van der Waals surface area contributed by atoms with E-state index < -0.39 is 6.03 Å². The predicted molar refractivity (Wildman–Crippen MR) is 68.1 cm³/mol. The van der Waals surface area contributed by atoms with Crippen LogP contribution in [0.2, 0.25) is 0 Å². The molecule has 2 unspecified atom stereocenters. The van der Waals surface area contributed by atoms with Gasteiger partial charge in [0.2, 0.25) is 11.8 Å². The number of hydrogen-bond donors (Lipinski definition) is 3. The summed E-state index contributed by atoms with van der Waals surface area (Å²) in [4.78, 5) is 35.4. The summed E-state index contributed by atoms with van der Waals surface area (Å²) in [6.45, 7) is 0.441. The van der Waals surface area contributed by atoms with E-state index in [9.17, 15) is 14.4 Å². The lowest BCUT2D eigenvalue weighted by molar-refractivity contribution is -0.123. The highest BCUT2D eigenvalue weighted by Crippen LogP contribution is 2.23. The summed E-state index contributed by atoms with van der Waals surface area (Å²) >= 11 is 0. The minimum Gasteiger partial charge on any atom is -0.352 e. The van der Waals surface area contributed by atoms with Gasteiger partial charge in [0.25, 0.3) is 0 Å². The monoisotopic (exact) mass is 268 g/mol. The average Bonchev–Trinajstić information content (AvgIpc) is 2.68. The number of nitrogens with zero attached hydrogens (tertiary/aromatic N) is 1. The first kappa shape index (κ1) is 13.8. The van der Waals surface area contributed by atoms with E-state index in [1.807, 2.05) is 0 Å². The van der Waals surface area contributed by atoms with Gasteiger partial charge >= 0.3 is 6.03 Å². The topological polar surface area (TPSA) is 105 Å². The van der Waals surface area contributed by atoms with E-state index in [0.717, 1.165) is 25.7 Å². The molecule has 2 rings (SSSR count). The van der Waals surface area contributed by atoms with E-state index in [-0.39, 0.29) is 30.9 Å². The van der Waals surface area contributed by atoms with E-state index in [1.165, 1.54) is 4.90 Å². The summed E-state index contributed by atoms with van der Waals surface area (Å²) in [6.07, 6.45) is 4.20. The molecule has 0 radical (unpaired) electrons. The van der Waals surface area contributed by atoms with Crippen LogP contribution in [0.25, 0.3) is 0 Å². The van der Waals surface area contributed by atoms with E-state index in [2.05, 4.69) is 10.6 Å². The molecule has 0 aromatic carbocycles. The van der Waals surface area contributed by atoms with Crippen molar-refractivity contribution in [3.8, 4) is 0 Å². The van der Waals surface area contributed by atoms with E-state index >= 15 is 0 Å². The van der Waals surface area contributed by atoms with Crippen LogP contribution in [0.1, 0.15) is 25.7 Å². The van der Waals surface area contributed by atoms with Gasteiger partial charge in [-0.2, -0.15) is 0 Å². The summed E-state index contributed by atoms with van der Waals surface area (Å²) in [5.74, 6) is -0.280. The Balaban J connectivity index is 1.83. The lowest BCUT2D eigenvalue weighted by atomic mass is 9.84. The van der Waals surface area contributed by atoms with Gasteiger partial charge in [0, 0.05) is 6.04 Å². The summed E-state index contributed by atoms with van der Waals surface area (Å²) < 4.78 is 0. The van der Waals surface area contributed by atoms with E-state index in [4.69, 9.17) is 5.73 Å². The second kappa shape index (κ2) is 6.01. The Morgan fingerprint density at radius 3 is 2.74 bits per heavy atom. The smallest absolute Gasteiger partial charge is 0.325 e. The van der Waals surface area contributed by atoms with Crippen molar-refractivity contribution in [1.29, 1.82) is 0 Å². The van der Waals surface area contributed by atoms with Crippen molar-refractivity contribution < 1.29 is 14.4 Å². The summed E-state index contributed by atoms with van der Waals surface area (Å²) in [7, 11) is 0. The molecule has 7 nitrogen and oxygen atoms in total. The standard InChI is InChI=1S/C12H20N4O3/c13-5-8-3-1-2-4-9(8)14-10(17)6-16-7-11(18)15-12(16)19/h8-9H,1-7,13H2,(H,14,17)(H,15,18,19). The Bertz CT molecular complexity index is 385. The molecule has 2 fully saturated rings. The van der Waals surface area contributed by atoms with Crippen molar-refractivity contribution in [2.75, 3.05) is 19.6 Å². The highest BCUT2D eigenvalue weighted by molar-refractivity contribution is 6.03. The lowest BCUT2D eigenvalue weighted by Crippen LogP contribution is -2.48. The van der Waals surface area contributed by atoms with Crippen LogP contribution in [0.3, 0.4) is 0 Å². The number of imide groups is 1. The molecule has 0 bridgehead atoms. The lowest BCUT2D eigenvalue weighted by Gasteiger charge is -2.31. The Morgan fingerprint density at radius 2 is 2.11 bits per heavy atom. The molecule has 4 amide bonds. The fourth-order valence-corrected chi connectivity index (χ4v) is 2.72. The largest absolute Gasteiger partial charge is 0.352 e. The molecular weight excluding hydrogens is 248 g/mol. The van der Waals surface area contributed by atoms with Gasteiger partial charge in [0.05, 0.1) is 0 Å². The summed E-state index contributed by atoms with van der Waals surface area (Å²) in [6, 6.07) is -0.410. The summed E-state index contributed by atoms with van der Waals surface area (Å²) in [5.41, 5.74) is 5.70. The highest BCUT2D eigenvalue weighted by atomic mass is 16.2. The normalized spacial score (nSPS) is 27.3. The number of hydrogen-bond acceptors (Lipinski definition) is 4. The van der Waals surface area contributed by atoms with Crippen molar-refractivity contribution >= 4 is 17.8 Å². The zero-order valence-corrected chi connectivity index (χ0v) is 10.9. The van der Waals surface area contributed by atoms with Crippen LogP contribution in [0, 0.1) is 5.92 Å². The second-order valence-electron chi connectivity index (χ2n) is 5.16. The molecule has 1 aliphatic heterocycles. The maximum Gasteiger partial charge on any atom is 0.325 e. The molecule has 7 heteroatoms. The highest BCUT2D eigenvalue weighted by Gasteiger charge is 2.30. The molecule has 0 aromatic heterocycles. The molecule has 0 spiro atoms. The Morgan fingerprint density at radius 1 is 1.37 bits per heavy atom. The molecule has 19 heavy (non-hydrogen) atoms. The van der Waals surface area contributed by atoms with Gasteiger partial charge in [-0.25, -0.2) is 4.79 Å². The van der Waals surface area contributed by atoms with Crippen molar-refractivity contribution in [1.82, 2.24) is 15.5 Å². The number of nitrogens with two attached hydrogens (primary N) is 1. The van der Waals surface area contributed by atoms with Gasteiger partial charge in [-0.1, -0.05) is 12.8 Å². The Labute approximate surface area is 111 Å². The molecule has 0 aromatic rings. The fraction of sp³-hybridized carbons (Fsp3) is 0.750. The Kier molecular flexibility index (Phi) is 4.36. The van der Waals surface area contributed by atoms with Gasteiger partial charge in [-0.3, -0.25) is 14.9 Å². The van der Waals surface area contributed by atoms with Crippen LogP contribution >= 0.6 is 0 Å². The quantitative estimate of drug-likeness (QED) is 0.579. The van der Waals surface area contributed by atoms with Gasteiger partial charge in [0.1, 0.15) is 13.1 Å². The van der Waals surface area contributed by atoms with Crippen molar-refractivity contribution in [2.45, 2.75) is 31.7 Å². The van der Waals surface area contributed by atoms with Gasteiger partial charge in [0.15, 0.2) is 0 Å².